The number of carbonyl (C=O) groups is 1. The van der Waals surface area contributed by atoms with Gasteiger partial charge in [0.25, 0.3) is 0 Å². The molecule has 0 bridgehead atoms. The van der Waals surface area contributed by atoms with Crippen molar-refractivity contribution in [1.29, 1.82) is 0 Å². The van der Waals surface area contributed by atoms with Gasteiger partial charge in [0, 0.05) is 24.0 Å². The van der Waals surface area contributed by atoms with Gasteiger partial charge < -0.3 is 14.4 Å². The Morgan fingerprint density at radius 2 is 1.83 bits per heavy atom. The molecule has 1 aromatic rings. The lowest BCUT2D eigenvalue weighted by Crippen LogP contribution is -2.23. The average Bonchev–Trinajstić information content (AvgIpc) is 2.50. The van der Waals surface area contributed by atoms with Crippen LogP contribution in [0.3, 0.4) is 0 Å². The fraction of sp³-hybridized carbons (Fsp3) is 0.545. The van der Waals surface area contributed by atoms with E-state index < -0.39 is 23.8 Å². The molecular weight excluding hydrogens is 251 g/mol. The topological polar surface area (TPSA) is 51.5 Å². The summed E-state index contributed by atoms with van der Waals surface area (Å²) in [4.78, 5) is 11.5. The van der Waals surface area contributed by atoms with Crippen molar-refractivity contribution in [2.24, 2.45) is 7.05 Å². The summed E-state index contributed by atoms with van der Waals surface area (Å²) >= 11 is 0. The number of ether oxygens (including phenoxy) is 1. The monoisotopic (exact) mass is 265 g/mol. The summed E-state index contributed by atoms with van der Waals surface area (Å²) in [6.45, 7) is 2.90. The average molecular weight is 265 g/mol. The Labute approximate surface area is 102 Å². The number of aliphatic hydroxyl groups excluding tert-OH is 1. The van der Waals surface area contributed by atoms with Crippen LogP contribution in [0.5, 0.6) is 0 Å². The number of hydrogen-bond acceptors (Lipinski definition) is 3. The van der Waals surface area contributed by atoms with Gasteiger partial charge in [-0.1, -0.05) is 0 Å². The SMILES string of the molecule is COC(=O)c1c(C(O)C(F)(F)F)c(C)n(C)c1C. The van der Waals surface area contributed by atoms with Gasteiger partial charge in [-0.05, 0) is 13.8 Å². The first-order chi connectivity index (χ1) is 8.12. The third-order valence-electron chi connectivity index (χ3n) is 3.00. The first-order valence-corrected chi connectivity index (χ1v) is 5.11. The summed E-state index contributed by atoms with van der Waals surface area (Å²) in [5.74, 6) is -0.894. The number of esters is 1. The van der Waals surface area contributed by atoms with Gasteiger partial charge in [-0.15, -0.1) is 0 Å². The molecule has 0 spiro atoms. The van der Waals surface area contributed by atoms with E-state index in [1.165, 1.54) is 25.5 Å². The van der Waals surface area contributed by atoms with Gasteiger partial charge in [0.1, 0.15) is 0 Å². The molecule has 18 heavy (non-hydrogen) atoms. The molecule has 0 saturated carbocycles. The van der Waals surface area contributed by atoms with Gasteiger partial charge in [-0.3, -0.25) is 0 Å². The number of nitrogens with zero attached hydrogens (tertiary/aromatic N) is 1. The van der Waals surface area contributed by atoms with Gasteiger partial charge in [0.2, 0.25) is 0 Å². The highest BCUT2D eigenvalue weighted by atomic mass is 19.4. The molecule has 1 rings (SSSR count). The molecule has 0 aliphatic rings. The maximum atomic E-state index is 12.6. The molecule has 1 unspecified atom stereocenters. The first kappa shape index (κ1) is 14.6. The number of aliphatic hydroxyl groups is 1. The smallest absolute Gasteiger partial charge is 0.418 e. The zero-order valence-corrected chi connectivity index (χ0v) is 10.4. The van der Waals surface area contributed by atoms with Crippen LogP contribution in [0.4, 0.5) is 13.2 Å². The van der Waals surface area contributed by atoms with E-state index in [2.05, 4.69) is 4.74 Å². The summed E-state index contributed by atoms with van der Waals surface area (Å²) < 4.78 is 43.6. The van der Waals surface area contributed by atoms with Crippen LogP contribution in [0.1, 0.15) is 33.4 Å². The van der Waals surface area contributed by atoms with Crippen LogP contribution in [0, 0.1) is 13.8 Å². The Bertz CT molecular complexity index is 477. The lowest BCUT2D eigenvalue weighted by Gasteiger charge is -2.16. The molecule has 0 aliphatic carbocycles. The third-order valence-corrected chi connectivity index (χ3v) is 3.00. The van der Waals surface area contributed by atoms with Crippen LogP contribution in [-0.4, -0.2) is 28.9 Å². The maximum absolute atomic E-state index is 12.6. The van der Waals surface area contributed by atoms with Crippen molar-refractivity contribution < 1.29 is 27.8 Å². The Morgan fingerprint density at radius 3 is 2.22 bits per heavy atom. The highest BCUT2D eigenvalue weighted by Crippen LogP contribution is 2.38. The summed E-state index contributed by atoms with van der Waals surface area (Å²) in [7, 11) is 2.59. The summed E-state index contributed by atoms with van der Waals surface area (Å²) in [6, 6.07) is 0. The van der Waals surface area contributed by atoms with E-state index in [9.17, 15) is 23.1 Å². The van der Waals surface area contributed by atoms with Crippen LogP contribution in [0.2, 0.25) is 0 Å². The zero-order chi connectivity index (χ0) is 14.2. The lowest BCUT2D eigenvalue weighted by atomic mass is 10.0. The lowest BCUT2D eigenvalue weighted by molar-refractivity contribution is -0.207. The van der Waals surface area contributed by atoms with Gasteiger partial charge in [0.15, 0.2) is 6.10 Å². The highest BCUT2D eigenvalue weighted by molar-refractivity contribution is 5.93. The Hall–Kier alpha value is -1.50. The Kier molecular flexibility index (Phi) is 3.75. The second-order valence-corrected chi connectivity index (χ2v) is 3.95. The molecule has 0 aliphatic heterocycles. The molecule has 102 valence electrons. The molecule has 4 nitrogen and oxygen atoms in total. The van der Waals surface area contributed by atoms with Gasteiger partial charge in [-0.2, -0.15) is 13.2 Å². The van der Waals surface area contributed by atoms with E-state index in [0.717, 1.165) is 7.11 Å². The summed E-state index contributed by atoms with van der Waals surface area (Å²) in [5.41, 5.74) is -0.188. The second-order valence-electron chi connectivity index (χ2n) is 3.95. The minimum absolute atomic E-state index is 0.178. The quantitative estimate of drug-likeness (QED) is 0.832. The zero-order valence-electron chi connectivity index (χ0n) is 10.4. The highest BCUT2D eigenvalue weighted by Gasteiger charge is 2.43. The van der Waals surface area contributed by atoms with E-state index in [1.54, 1.807) is 0 Å². The fourth-order valence-electron chi connectivity index (χ4n) is 1.83. The van der Waals surface area contributed by atoms with Crippen LogP contribution >= 0.6 is 0 Å². The molecule has 7 heteroatoms. The minimum atomic E-state index is -4.83. The van der Waals surface area contributed by atoms with Crippen molar-refractivity contribution in [3.05, 3.63) is 22.5 Å². The van der Waals surface area contributed by atoms with Gasteiger partial charge in [0.05, 0.1) is 12.7 Å². The largest absolute Gasteiger partial charge is 0.465 e. The molecule has 1 N–H and O–H groups in total. The van der Waals surface area contributed by atoms with E-state index in [4.69, 9.17) is 0 Å². The minimum Gasteiger partial charge on any atom is -0.465 e. The van der Waals surface area contributed by atoms with Crippen molar-refractivity contribution in [3.63, 3.8) is 0 Å². The molecule has 0 radical (unpaired) electrons. The molecule has 1 aromatic heterocycles. The first-order valence-electron chi connectivity index (χ1n) is 5.11. The van der Waals surface area contributed by atoms with Crippen LogP contribution in [0.15, 0.2) is 0 Å². The standard InChI is InChI=1S/C11H14F3NO3/c1-5-7(9(16)11(12,13)14)8(10(17)18-4)6(2)15(5)3/h9,16H,1-4H3. The van der Waals surface area contributed by atoms with E-state index in [0.29, 0.717) is 5.69 Å². The van der Waals surface area contributed by atoms with Crippen LogP contribution in [-0.2, 0) is 11.8 Å². The predicted octanol–water partition coefficient (Wildman–Crippen LogP) is 2.02. The molecule has 1 heterocycles. The Balaban J connectivity index is 3.52. The van der Waals surface area contributed by atoms with Crippen molar-refractivity contribution in [3.8, 4) is 0 Å². The van der Waals surface area contributed by atoms with Crippen molar-refractivity contribution in [2.45, 2.75) is 26.1 Å². The number of alkyl halides is 3. The normalized spacial score (nSPS) is 13.6. The number of rotatable bonds is 2. The fourth-order valence-corrected chi connectivity index (χ4v) is 1.83. The summed E-state index contributed by atoms with van der Waals surface area (Å²) in [5, 5.41) is 9.35. The molecule has 0 fully saturated rings. The number of aromatic nitrogens is 1. The number of halogens is 3. The van der Waals surface area contributed by atoms with Crippen molar-refractivity contribution in [1.82, 2.24) is 4.57 Å². The molecule has 0 saturated heterocycles. The molecule has 0 amide bonds. The van der Waals surface area contributed by atoms with Crippen molar-refractivity contribution in [2.75, 3.05) is 7.11 Å². The van der Waals surface area contributed by atoms with Crippen molar-refractivity contribution >= 4 is 5.97 Å². The second kappa shape index (κ2) is 4.64. The van der Waals surface area contributed by atoms with Gasteiger partial charge >= 0.3 is 12.1 Å². The van der Waals surface area contributed by atoms with Crippen LogP contribution < -0.4 is 0 Å². The maximum Gasteiger partial charge on any atom is 0.418 e. The summed E-state index contributed by atoms with van der Waals surface area (Å²) in [6.07, 6.45) is -7.53. The third kappa shape index (κ3) is 2.22. The molecule has 0 aromatic carbocycles. The van der Waals surface area contributed by atoms with E-state index in [-0.39, 0.29) is 11.3 Å². The predicted molar refractivity (Wildman–Crippen MR) is 57.2 cm³/mol. The van der Waals surface area contributed by atoms with Crippen LogP contribution in [0.25, 0.3) is 0 Å². The van der Waals surface area contributed by atoms with Gasteiger partial charge in [-0.25, -0.2) is 4.79 Å². The molecule has 1 atom stereocenters. The number of hydrogen-bond donors (Lipinski definition) is 1. The number of methoxy groups -OCH3 is 1. The number of carbonyl (C=O) groups excluding carboxylic acids is 1. The molecular formula is C11H14F3NO3. The Morgan fingerprint density at radius 1 is 1.33 bits per heavy atom. The van der Waals surface area contributed by atoms with E-state index in [1.807, 2.05) is 0 Å². The van der Waals surface area contributed by atoms with E-state index >= 15 is 0 Å².